The van der Waals surface area contributed by atoms with Gasteiger partial charge in [-0.15, -0.1) is 0 Å². The first kappa shape index (κ1) is 22.6. The standard InChI is InChI=1S/C21H30BrN5O3/c1-21(2,3)30-20(29)24-9-8-23-19(28)15-5-4-10-26(11-15)13-17-14-27-12-16(22)6-7-18(27)25-17/h6-7,12,14-15H,4-5,8-11,13H2,1-3H3,(H,23,28)(H,24,29). The third-order valence-corrected chi connectivity index (χ3v) is 5.29. The van der Waals surface area contributed by atoms with Gasteiger partial charge in [0.15, 0.2) is 0 Å². The monoisotopic (exact) mass is 479 g/mol. The van der Waals surface area contributed by atoms with Crippen molar-refractivity contribution in [2.24, 2.45) is 5.92 Å². The maximum absolute atomic E-state index is 12.5. The predicted molar refractivity (Wildman–Crippen MR) is 118 cm³/mol. The Labute approximate surface area is 185 Å². The van der Waals surface area contributed by atoms with Crippen molar-refractivity contribution >= 4 is 33.6 Å². The zero-order valence-electron chi connectivity index (χ0n) is 17.8. The average molecular weight is 480 g/mol. The number of rotatable bonds is 6. The van der Waals surface area contributed by atoms with Gasteiger partial charge in [0.05, 0.1) is 11.6 Å². The molecule has 0 radical (unpaired) electrons. The first-order chi connectivity index (χ1) is 14.2. The van der Waals surface area contributed by atoms with E-state index >= 15 is 0 Å². The highest BCUT2D eigenvalue weighted by Gasteiger charge is 2.26. The Bertz CT molecular complexity index is 892. The molecular weight excluding hydrogens is 450 g/mol. The van der Waals surface area contributed by atoms with E-state index in [1.54, 1.807) is 0 Å². The highest BCUT2D eigenvalue weighted by Crippen LogP contribution is 2.19. The van der Waals surface area contributed by atoms with Crippen LogP contribution in [-0.2, 0) is 16.1 Å². The summed E-state index contributed by atoms with van der Waals surface area (Å²) in [5.41, 5.74) is 1.38. The lowest BCUT2D eigenvalue weighted by Crippen LogP contribution is -2.44. The molecule has 3 heterocycles. The quantitative estimate of drug-likeness (QED) is 0.621. The molecule has 2 aromatic rings. The highest BCUT2D eigenvalue weighted by molar-refractivity contribution is 9.10. The molecule has 1 atom stereocenters. The number of likely N-dealkylation sites (tertiary alicyclic amines) is 1. The highest BCUT2D eigenvalue weighted by atomic mass is 79.9. The van der Waals surface area contributed by atoms with Crippen LogP contribution >= 0.6 is 15.9 Å². The Morgan fingerprint density at radius 2 is 2.00 bits per heavy atom. The van der Waals surface area contributed by atoms with Gasteiger partial charge in [0.2, 0.25) is 5.91 Å². The van der Waals surface area contributed by atoms with Crippen LogP contribution in [0.25, 0.3) is 5.65 Å². The Balaban J connectivity index is 1.43. The molecule has 8 nitrogen and oxygen atoms in total. The molecule has 0 spiro atoms. The van der Waals surface area contributed by atoms with E-state index in [9.17, 15) is 9.59 Å². The van der Waals surface area contributed by atoms with Gasteiger partial charge < -0.3 is 19.8 Å². The fourth-order valence-corrected chi connectivity index (χ4v) is 3.90. The third-order valence-electron chi connectivity index (χ3n) is 4.82. The average Bonchev–Trinajstić information content (AvgIpc) is 3.05. The number of carbonyl (C=O) groups is 2. The van der Waals surface area contributed by atoms with Crippen molar-refractivity contribution in [1.29, 1.82) is 0 Å². The van der Waals surface area contributed by atoms with E-state index in [0.717, 1.165) is 41.7 Å². The Kier molecular flexibility index (Phi) is 7.36. The second-order valence-electron chi connectivity index (χ2n) is 8.64. The number of nitrogens with zero attached hydrogens (tertiary/aromatic N) is 3. The van der Waals surface area contributed by atoms with E-state index in [4.69, 9.17) is 4.74 Å². The number of fused-ring (bicyclic) bond motifs is 1. The molecule has 0 saturated carbocycles. The second kappa shape index (κ2) is 9.78. The van der Waals surface area contributed by atoms with E-state index in [1.807, 2.05) is 49.7 Å². The Morgan fingerprint density at radius 1 is 1.23 bits per heavy atom. The molecule has 1 fully saturated rings. The lowest BCUT2D eigenvalue weighted by atomic mass is 9.97. The van der Waals surface area contributed by atoms with Gasteiger partial charge in [-0.2, -0.15) is 0 Å². The molecule has 2 N–H and O–H groups in total. The fourth-order valence-electron chi connectivity index (χ4n) is 3.54. The number of imidazole rings is 1. The minimum Gasteiger partial charge on any atom is -0.444 e. The maximum atomic E-state index is 12.5. The van der Waals surface area contributed by atoms with Crippen molar-refractivity contribution in [1.82, 2.24) is 24.9 Å². The van der Waals surface area contributed by atoms with E-state index in [-0.39, 0.29) is 11.8 Å². The van der Waals surface area contributed by atoms with Gasteiger partial charge in [-0.3, -0.25) is 9.69 Å². The number of aromatic nitrogens is 2. The lowest BCUT2D eigenvalue weighted by molar-refractivity contribution is -0.126. The van der Waals surface area contributed by atoms with Gasteiger partial charge in [-0.25, -0.2) is 9.78 Å². The smallest absolute Gasteiger partial charge is 0.407 e. The Hall–Kier alpha value is -2.13. The van der Waals surface area contributed by atoms with Gasteiger partial charge in [0.1, 0.15) is 11.2 Å². The largest absolute Gasteiger partial charge is 0.444 e. The first-order valence-electron chi connectivity index (χ1n) is 10.3. The number of amides is 2. The minimum absolute atomic E-state index is 0.0321. The predicted octanol–water partition coefficient (Wildman–Crippen LogP) is 2.95. The third kappa shape index (κ3) is 6.70. The Morgan fingerprint density at radius 3 is 2.77 bits per heavy atom. The van der Waals surface area contributed by atoms with Crippen molar-refractivity contribution < 1.29 is 14.3 Å². The fraction of sp³-hybridized carbons (Fsp3) is 0.571. The van der Waals surface area contributed by atoms with E-state index in [0.29, 0.717) is 19.6 Å². The van der Waals surface area contributed by atoms with Gasteiger partial charge in [0, 0.05) is 43.0 Å². The van der Waals surface area contributed by atoms with Crippen molar-refractivity contribution in [3.63, 3.8) is 0 Å². The van der Waals surface area contributed by atoms with Crippen LogP contribution in [0.1, 0.15) is 39.3 Å². The summed E-state index contributed by atoms with van der Waals surface area (Å²) < 4.78 is 8.19. The number of carbonyl (C=O) groups excluding carboxylic acids is 2. The lowest BCUT2D eigenvalue weighted by Gasteiger charge is -2.31. The summed E-state index contributed by atoms with van der Waals surface area (Å²) in [6.45, 7) is 8.56. The van der Waals surface area contributed by atoms with Crippen LogP contribution in [0.4, 0.5) is 4.79 Å². The summed E-state index contributed by atoms with van der Waals surface area (Å²) in [7, 11) is 0. The van der Waals surface area contributed by atoms with Crippen LogP contribution in [0.15, 0.2) is 29.0 Å². The maximum Gasteiger partial charge on any atom is 0.407 e. The number of pyridine rings is 1. The van der Waals surface area contributed by atoms with Crippen molar-refractivity contribution in [2.45, 2.75) is 45.8 Å². The van der Waals surface area contributed by atoms with E-state index in [2.05, 4.69) is 36.4 Å². The van der Waals surface area contributed by atoms with Crippen LogP contribution in [0, 0.1) is 5.92 Å². The summed E-state index contributed by atoms with van der Waals surface area (Å²) in [5, 5.41) is 5.58. The molecule has 1 unspecified atom stereocenters. The van der Waals surface area contributed by atoms with Crippen LogP contribution in [0.2, 0.25) is 0 Å². The summed E-state index contributed by atoms with van der Waals surface area (Å²) >= 11 is 3.48. The van der Waals surface area contributed by atoms with Crippen molar-refractivity contribution in [3.05, 3.63) is 34.7 Å². The summed E-state index contributed by atoms with van der Waals surface area (Å²) in [5.74, 6) is -0.0175. The normalized spacial score (nSPS) is 17.7. The van der Waals surface area contributed by atoms with Gasteiger partial charge >= 0.3 is 6.09 Å². The second-order valence-corrected chi connectivity index (χ2v) is 9.55. The topological polar surface area (TPSA) is 88.0 Å². The van der Waals surface area contributed by atoms with Crippen LogP contribution in [0.5, 0.6) is 0 Å². The van der Waals surface area contributed by atoms with Crippen molar-refractivity contribution in [3.8, 4) is 0 Å². The van der Waals surface area contributed by atoms with E-state index in [1.165, 1.54) is 0 Å². The molecule has 0 aromatic carbocycles. The molecule has 2 amide bonds. The number of nitrogens with one attached hydrogen (secondary N) is 2. The molecule has 0 bridgehead atoms. The number of hydrogen-bond donors (Lipinski definition) is 2. The van der Waals surface area contributed by atoms with E-state index < -0.39 is 11.7 Å². The molecule has 164 valence electrons. The number of hydrogen-bond acceptors (Lipinski definition) is 5. The number of piperidine rings is 1. The summed E-state index contributed by atoms with van der Waals surface area (Å²) in [4.78, 5) is 31.1. The van der Waals surface area contributed by atoms with Gasteiger partial charge in [0.25, 0.3) is 0 Å². The summed E-state index contributed by atoms with van der Waals surface area (Å²) in [6, 6.07) is 3.95. The van der Waals surface area contributed by atoms with Crippen LogP contribution in [0.3, 0.4) is 0 Å². The molecule has 0 aliphatic carbocycles. The van der Waals surface area contributed by atoms with Gasteiger partial charge in [-0.1, -0.05) is 0 Å². The SMILES string of the molecule is CC(C)(C)OC(=O)NCCNC(=O)C1CCCN(Cc2cn3cc(Br)ccc3n2)C1. The van der Waals surface area contributed by atoms with Crippen LogP contribution < -0.4 is 10.6 Å². The number of ether oxygens (including phenoxy) is 1. The number of halogens is 1. The minimum atomic E-state index is -0.531. The molecule has 3 rings (SSSR count). The zero-order valence-corrected chi connectivity index (χ0v) is 19.4. The zero-order chi connectivity index (χ0) is 21.7. The molecule has 1 aliphatic rings. The molecule has 30 heavy (non-hydrogen) atoms. The molecule has 2 aromatic heterocycles. The number of alkyl carbamates (subject to hydrolysis) is 1. The molecular formula is C21H30BrN5O3. The van der Waals surface area contributed by atoms with Crippen molar-refractivity contribution in [2.75, 3.05) is 26.2 Å². The molecule has 1 saturated heterocycles. The summed E-state index contributed by atoms with van der Waals surface area (Å²) in [6.07, 6.45) is 5.41. The molecule has 9 heteroatoms. The van der Waals surface area contributed by atoms with Crippen LogP contribution in [-0.4, -0.2) is 58.1 Å². The van der Waals surface area contributed by atoms with Gasteiger partial charge in [-0.05, 0) is 68.2 Å². The molecule has 1 aliphatic heterocycles. The first-order valence-corrected chi connectivity index (χ1v) is 11.1.